The van der Waals surface area contributed by atoms with E-state index in [9.17, 15) is 18.3 Å². The molecule has 0 aliphatic carbocycles. The van der Waals surface area contributed by atoms with Crippen LogP contribution in [-0.2, 0) is 27.1 Å². The quantitative estimate of drug-likeness (QED) is 0.228. The normalized spacial score (nSPS) is 18.2. The zero-order chi connectivity index (χ0) is 30.3. The number of carboxylic acid groups (broad SMARTS) is 1. The molecule has 0 aromatic heterocycles. The summed E-state index contributed by atoms with van der Waals surface area (Å²) < 4.78 is 42.7. The maximum absolute atomic E-state index is 14.9. The van der Waals surface area contributed by atoms with Gasteiger partial charge in [0.05, 0.1) is 31.2 Å². The second-order valence-electron chi connectivity index (χ2n) is 10.5. The maximum Gasteiger partial charge on any atom is 0.313 e. The smallest absolute Gasteiger partial charge is 0.313 e. The van der Waals surface area contributed by atoms with Crippen LogP contribution in [0.25, 0.3) is 0 Å². The second-order valence-corrected chi connectivity index (χ2v) is 13.3. The number of benzene rings is 3. The van der Waals surface area contributed by atoms with Crippen LogP contribution in [0.4, 0.5) is 11.4 Å². The van der Waals surface area contributed by atoms with E-state index in [1.54, 1.807) is 30.7 Å². The van der Waals surface area contributed by atoms with E-state index in [4.69, 9.17) is 9.47 Å². The Kier molecular flexibility index (Phi) is 10.5. The first kappa shape index (κ1) is 31.7. The van der Waals surface area contributed by atoms with E-state index in [-0.39, 0.29) is 17.2 Å². The van der Waals surface area contributed by atoms with Gasteiger partial charge in [-0.25, -0.2) is 8.42 Å². The van der Waals surface area contributed by atoms with Crippen molar-refractivity contribution in [2.75, 3.05) is 31.4 Å². The number of carbonyl (C=O) groups is 1. The third kappa shape index (κ3) is 6.71. The van der Waals surface area contributed by atoms with Crippen LogP contribution in [0.1, 0.15) is 50.7 Å². The average Bonchev–Trinajstić information content (AvgIpc) is 3.07. The van der Waals surface area contributed by atoms with Crippen molar-refractivity contribution in [3.8, 4) is 11.5 Å². The highest BCUT2D eigenvalue weighted by molar-refractivity contribution is 7.99. The van der Waals surface area contributed by atoms with Gasteiger partial charge in [0.1, 0.15) is 16.4 Å². The van der Waals surface area contributed by atoms with Crippen molar-refractivity contribution in [3.63, 3.8) is 0 Å². The molecular formula is C32H40N2O6S2. The number of hydrogen-bond donors (Lipinski definition) is 1. The number of methoxy groups -OCH3 is 2. The van der Waals surface area contributed by atoms with Crippen LogP contribution < -0.4 is 14.4 Å². The largest absolute Gasteiger partial charge is 0.497 e. The van der Waals surface area contributed by atoms with Gasteiger partial charge in [-0.2, -0.15) is 4.31 Å². The first-order valence-corrected chi connectivity index (χ1v) is 16.8. The van der Waals surface area contributed by atoms with Gasteiger partial charge in [0, 0.05) is 36.2 Å². The van der Waals surface area contributed by atoms with Gasteiger partial charge in [-0.05, 0) is 48.7 Å². The molecule has 42 heavy (non-hydrogen) atoms. The molecule has 0 saturated carbocycles. The summed E-state index contributed by atoms with van der Waals surface area (Å²) >= 11 is 1.21. The van der Waals surface area contributed by atoms with Gasteiger partial charge in [0.2, 0.25) is 10.0 Å². The molecule has 3 aromatic carbocycles. The molecule has 4 rings (SSSR count). The van der Waals surface area contributed by atoms with E-state index < -0.39 is 21.5 Å². The lowest BCUT2D eigenvalue weighted by atomic mass is 9.88. The van der Waals surface area contributed by atoms with Gasteiger partial charge in [-0.1, -0.05) is 57.0 Å². The number of para-hydroxylation sites is 1. The van der Waals surface area contributed by atoms with Crippen LogP contribution in [0.15, 0.2) is 71.6 Å². The van der Waals surface area contributed by atoms with Crippen LogP contribution in [0.5, 0.6) is 11.5 Å². The number of aliphatic carboxylic acids is 1. The molecule has 1 aliphatic heterocycles. The number of anilines is 2. The third-order valence-electron chi connectivity index (χ3n) is 7.89. The Labute approximate surface area is 253 Å². The Balaban J connectivity index is 1.96. The predicted octanol–water partition coefficient (Wildman–Crippen LogP) is 6.70. The summed E-state index contributed by atoms with van der Waals surface area (Å²) in [5.41, 5.74) is 2.26. The summed E-state index contributed by atoms with van der Waals surface area (Å²) in [5, 5.41) is 9.19. The number of nitrogens with zero attached hydrogens (tertiary/aromatic N) is 2. The van der Waals surface area contributed by atoms with Gasteiger partial charge in [-0.15, -0.1) is 11.8 Å². The molecule has 1 heterocycles. The number of fused-ring (bicyclic) bond motifs is 1. The fourth-order valence-corrected chi connectivity index (χ4v) is 8.35. The fourth-order valence-electron chi connectivity index (χ4n) is 5.55. The first-order chi connectivity index (χ1) is 20.2. The van der Waals surface area contributed by atoms with Crippen molar-refractivity contribution < 1.29 is 27.8 Å². The zero-order valence-corrected chi connectivity index (χ0v) is 26.3. The molecule has 0 radical (unpaired) electrons. The highest BCUT2D eigenvalue weighted by Crippen LogP contribution is 2.47. The second kappa shape index (κ2) is 13.8. The Morgan fingerprint density at radius 3 is 2.33 bits per heavy atom. The van der Waals surface area contributed by atoms with Crippen LogP contribution in [-0.4, -0.2) is 55.9 Å². The van der Waals surface area contributed by atoms with E-state index >= 15 is 0 Å². The van der Waals surface area contributed by atoms with Crippen molar-refractivity contribution in [2.24, 2.45) is 0 Å². The van der Waals surface area contributed by atoms with Crippen molar-refractivity contribution in [1.29, 1.82) is 0 Å². The minimum Gasteiger partial charge on any atom is -0.497 e. The molecule has 3 aromatic rings. The van der Waals surface area contributed by atoms with Crippen molar-refractivity contribution in [1.82, 2.24) is 4.31 Å². The monoisotopic (exact) mass is 612 g/mol. The van der Waals surface area contributed by atoms with Gasteiger partial charge in [-0.3, -0.25) is 4.79 Å². The highest BCUT2D eigenvalue weighted by atomic mass is 32.2. The lowest BCUT2D eigenvalue weighted by Crippen LogP contribution is -2.54. The van der Waals surface area contributed by atoms with Crippen molar-refractivity contribution in [2.45, 2.75) is 62.3 Å². The molecule has 0 spiro atoms. The van der Waals surface area contributed by atoms with E-state index in [0.717, 1.165) is 24.1 Å². The van der Waals surface area contributed by atoms with Gasteiger partial charge in [0.25, 0.3) is 0 Å². The van der Waals surface area contributed by atoms with E-state index in [1.807, 2.05) is 54.6 Å². The topological polar surface area (TPSA) is 96.4 Å². The lowest BCUT2D eigenvalue weighted by molar-refractivity contribution is -0.133. The molecule has 0 bridgehead atoms. The molecule has 1 unspecified atom stereocenters. The highest BCUT2D eigenvalue weighted by Gasteiger charge is 2.48. The number of unbranched alkanes of at least 4 members (excludes halogenated alkanes) is 1. The van der Waals surface area contributed by atoms with Crippen molar-refractivity contribution >= 4 is 39.1 Å². The number of hydrogen-bond acceptors (Lipinski definition) is 7. The minimum atomic E-state index is -4.03. The summed E-state index contributed by atoms with van der Waals surface area (Å²) in [5.74, 6) is 0.522. The Hall–Kier alpha value is -3.21. The molecule has 1 N–H and O–H groups in total. The third-order valence-corrected chi connectivity index (χ3v) is 10.8. The molecule has 8 nitrogen and oxygen atoms in total. The van der Waals surface area contributed by atoms with E-state index in [0.29, 0.717) is 47.9 Å². The predicted molar refractivity (Wildman–Crippen MR) is 169 cm³/mol. The minimum absolute atomic E-state index is 0.0946. The Bertz CT molecular complexity index is 1460. The number of ether oxygens (including phenoxy) is 2. The van der Waals surface area contributed by atoms with Gasteiger partial charge < -0.3 is 19.5 Å². The molecule has 226 valence electrons. The molecule has 0 fully saturated rings. The fraction of sp³-hybridized carbons (Fsp3) is 0.406. The molecule has 10 heteroatoms. The lowest BCUT2D eigenvalue weighted by Gasteiger charge is -2.43. The number of sulfonamides is 1. The molecule has 0 saturated heterocycles. The molecule has 1 aliphatic rings. The van der Waals surface area contributed by atoms with Crippen LogP contribution >= 0.6 is 11.8 Å². The van der Waals surface area contributed by atoms with Crippen LogP contribution in [0, 0.1) is 0 Å². The van der Waals surface area contributed by atoms with Gasteiger partial charge >= 0.3 is 5.97 Å². The summed E-state index contributed by atoms with van der Waals surface area (Å²) in [4.78, 5) is 13.5. The average molecular weight is 613 g/mol. The Morgan fingerprint density at radius 1 is 1.02 bits per heavy atom. The van der Waals surface area contributed by atoms with Crippen molar-refractivity contribution in [3.05, 3.63) is 77.9 Å². The Morgan fingerprint density at radius 2 is 1.74 bits per heavy atom. The standard InChI is InChI=1S/C32H40N2O6S2/c1-5-7-17-32(6-2)23-33(26-11-9-8-10-12-26)28-19-29(40-4)25(21-41-22-31(35)36)18-30(28)42(37,38)34(32)20-24-13-15-27(39-3)16-14-24/h8-16,18-19H,5-7,17,20-23H2,1-4H3,(H,35,36). The summed E-state index contributed by atoms with van der Waals surface area (Å²) in [6.07, 6.45) is 3.14. The van der Waals surface area contributed by atoms with Crippen LogP contribution in [0.3, 0.4) is 0 Å². The summed E-state index contributed by atoms with van der Waals surface area (Å²) in [6.45, 7) is 4.87. The summed E-state index contributed by atoms with van der Waals surface area (Å²) in [7, 11) is -0.872. The maximum atomic E-state index is 14.9. The number of carboxylic acids is 1. The molecule has 1 atom stereocenters. The zero-order valence-electron chi connectivity index (χ0n) is 24.7. The SMILES string of the molecule is CCCCC1(CC)CN(c2ccccc2)c2cc(OC)c(CSCC(=O)O)cc2S(=O)(=O)N1Cc1ccc(OC)cc1. The number of rotatable bonds is 13. The number of thioether (sulfide) groups is 1. The molecular weight excluding hydrogens is 572 g/mol. The summed E-state index contributed by atoms with van der Waals surface area (Å²) in [6, 6.07) is 20.9. The van der Waals surface area contributed by atoms with E-state index in [1.165, 1.54) is 11.8 Å². The first-order valence-electron chi connectivity index (χ1n) is 14.2. The van der Waals surface area contributed by atoms with E-state index in [2.05, 4.69) is 18.7 Å². The van der Waals surface area contributed by atoms with Crippen LogP contribution in [0.2, 0.25) is 0 Å². The van der Waals surface area contributed by atoms with Gasteiger partial charge in [0.15, 0.2) is 0 Å². The molecule has 0 amide bonds.